The molecule has 3 nitrogen and oxygen atoms in total. The summed E-state index contributed by atoms with van der Waals surface area (Å²) in [5, 5.41) is 3.10. The molecule has 2 aromatic rings. The predicted molar refractivity (Wildman–Crippen MR) is 91.7 cm³/mol. The highest BCUT2D eigenvalue weighted by atomic mass is 16.5. The molecule has 1 unspecified atom stereocenters. The lowest BCUT2D eigenvalue weighted by Gasteiger charge is -2.14. The zero-order valence-electron chi connectivity index (χ0n) is 13.5. The number of ether oxygens (including phenoxy) is 1. The molecule has 0 bridgehead atoms. The van der Waals surface area contributed by atoms with Gasteiger partial charge in [-0.05, 0) is 42.5 Å². The van der Waals surface area contributed by atoms with E-state index in [9.17, 15) is 4.79 Å². The van der Waals surface area contributed by atoms with Crippen LogP contribution in [-0.4, -0.2) is 18.6 Å². The molecule has 2 aromatic carbocycles. The van der Waals surface area contributed by atoms with Gasteiger partial charge in [-0.25, -0.2) is 0 Å². The molecule has 1 atom stereocenters. The van der Waals surface area contributed by atoms with Gasteiger partial charge < -0.3 is 10.1 Å². The maximum atomic E-state index is 12.1. The van der Waals surface area contributed by atoms with Crippen LogP contribution in [-0.2, 0) is 24.1 Å². The minimum Gasteiger partial charge on any atom is -0.493 e. The van der Waals surface area contributed by atoms with E-state index < -0.39 is 0 Å². The quantitative estimate of drug-likeness (QED) is 0.889. The van der Waals surface area contributed by atoms with Gasteiger partial charge in [0.15, 0.2) is 0 Å². The number of fused-ring (bicyclic) bond motifs is 1. The van der Waals surface area contributed by atoms with E-state index in [1.165, 1.54) is 16.7 Å². The number of hydrogen-bond donors (Lipinski definition) is 1. The molecule has 1 aliphatic rings. The van der Waals surface area contributed by atoms with Crippen LogP contribution in [0.25, 0.3) is 0 Å². The number of rotatable bonds is 6. The van der Waals surface area contributed by atoms with Crippen molar-refractivity contribution in [3.63, 3.8) is 0 Å². The average Bonchev–Trinajstić information content (AvgIpc) is 3.01. The lowest BCUT2D eigenvalue weighted by Crippen LogP contribution is -2.34. The number of carbonyl (C=O) groups excluding carboxylic acids is 1. The summed E-state index contributed by atoms with van der Waals surface area (Å²) in [7, 11) is 0. The summed E-state index contributed by atoms with van der Waals surface area (Å²) < 4.78 is 5.53. The number of hydrogen-bond acceptors (Lipinski definition) is 2. The van der Waals surface area contributed by atoms with Crippen molar-refractivity contribution in [2.24, 2.45) is 0 Å². The number of aryl methyl sites for hydroxylation is 1. The van der Waals surface area contributed by atoms with Gasteiger partial charge in [-0.1, -0.05) is 42.5 Å². The van der Waals surface area contributed by atoms with Crippen molar-refractivity contribution in [2.45, 2.75) is 38.6 Å². The molecule has 1 N–H and O–H groups in total. The van der Waals surface area contributed by atoms with Crippen molar-refractivity contribution in [2.75, 3.05) is 6.61 Å². The van der Waals surface area contributed by atoms with Gasteiger partial charge >= 0.3 is 0 Å². The molecular weight excluding hydrogens is 286 g/mol. The van der Waals surface area contributed by atoms with Crippen molar-refractivity contribution in [3.8, 4) is 5.75 Å². The fraction of sp³-hybridized carbons (Fsp3) is 0.350. The van der Waals surface area contributed by atoms with Crippen molar-refractivity contribution < 1.29 is 9.53 Å². The Kier molecular flexibility index (Phi) is 4.96. The first-order chi connectivity index (χ1) is 11.2. The normalized spacial score (nSPS) is 14.0. The van der Waals surface area contributed by atoms with Crippen LogP contribution in [0, 0.1) is 0 Å². The van der Waals surface area contributed by atoms with Gasteiger partial charge in [0.2, 0.25) is 5.91 Å². The molecule has 0 spiro atoms. The van der Waals surface area contributed by atoms with Crippen LogP contribution in [0.3, 0.4) is 0 Å². The fourth-order valence-electron chi connectivity index (χ4n) is 3.02. The molecule has 0 aromatic heterocycles. The monoisotopic (exact) mass is 309 g/mol. The Balaban J connectivity index is 1.47. The molecule has 3 rings (SSSR count). The van der Waals surface area contributed by atoms with E-state index in [0.717, 1.165) is 31.6 Å². The zero-order chi connectivity index (χ0) is 16.1. The van der Waals surface area contributed by atoms with Gasteiger partial charge in [-0.15, -0.1) is 0 Å². The standard InChI is InChI=1S/C20H23NO2/c1-15(13-17-7-9-19-18(14-17)11-12-23-19)21-20(22)10-8-16-5-3-2-4-6-16/h2-7,9,14-15H,8,10-13H2,1H3,(H,21,22). The fourth-order valence-corrected chi connectivity index (χ4v) is 3.02. The maximum Gasteiger partial charge on any atom is 0.220 e. The van der Waals surface area contributed by atoms with E-state index >= 15 is 0 Å². The van der Waals surface area contributed by atoms with Gasteiger partial charge in [0, 0.05) is 18.9 Å². The highest BCUT2D eigenvalue weighted by molar-refractivity contribution is 5.76. The largest absolute Gasteiger partial charge is 0.493 e. The third-order valence-electron chi connectivity index (χ3n) is 4.19. The van der Waals surface area contributed by atoms with E-state index in [1.54, 1.807) is 0 Å². The van der Waals surface area contributed by atoms with E-state index in [2.05, 4.69) is 36.5 Å². The molecule has 120 valence electrons. The predicted octanol–water partition coefficient (Wildman–Crippen LogP) is 3.30. The summed E-state index contributed by atoms with van der Waals surface area (Å²) in [6, 6.07) is 16.6. The summed E-state index contributed by atoms with van der Waals surface area (Å²) in [5.41, 5.74) is 3.74. The second-order valence-electron chi connectivity index (χ2n) is 6.20. The number of nitrogens with one attached hydrogen (secondary N) is 1. The molecular formula is C20H23NO2. The molecule has 0 saturated heterocycles. The zero-order valence-corrected chi connectivity index (χ0v) is 13.5. The molecule has 0 saturated carbocycles. The van der Waals surface area contributed by atoms with Crippen molar-refractivity contribution >= 4 is 5.91 Å². The Morgan fingerprint density at radius 1 is 1.17 bits per heavy atom. The number of amides is 1. The molecule has 3 heteroatoms. The summed E-state index contributed by atoms with van der Waals surface area (Å²) in [4.78, 5) is 12.1. The van der Waals surface area contributed by atoms with E-state index in [4.69, 9.17) is 4.74 Å². The summed E-state index contributed by atoms with van der Waals surface area (Å²) in [6.45, 7) is 2.84. The third-order valence-corrected chi connectivity index (χ3v) is 4.19. The summed E-state index contributed by atoms with van der Waals surface area (Å²) >= 11 is 0. The Hall–Kier alpha value is -2.29. The summed E-state index contributed by atoms with van der Waals surface area (Å²) in [5.74, 6) is 1.12. The molecule has 1 amide bonds. The second kappa shape index (κ2) is 7.32. The minimum atomic E-state index is 0.117. The van der Waals surface area contributed by atoms with Gasteiger partial charge in [-0.2, -0.15) is 0 Å². The first kappa shape index (κ1) is 15.6. The highest BCUT2D eigenvalue weighted by Gasteiger charge is 2.14. The van der Waals surface area contributed by atoms with Crippen LogP contribution >= 0.6 is 0 Å². The van der Waals surface area contributed by atoms with Crippen LogP contribution in [0.1, 0.15) is 30.0 Å². The van der Waals surface area contributed by atoms with Crippen LogP contribution < -0.4 is 10.1 Å². The van der Waals surface area contributed by atoms with E-state index in [0.29, 0.717) is 6.42 Å². The highest BCUT2D eigenvalue weighted by Crippen LogP contribution is 2.26. The number of benzene rings is 2. The molecule has 0 aliphatic carbocycles. The van der Waals surface area contributed by atoms with Crippen molar-refractivity contribution in [3.05, 3.63) is 65.2 Å². The molecule has 0 radical (unpaired) electrons. The van der Waals surface area contributed by atoms with Gasteiger partial charge in [-0.3, -0.25) is 4.79 Å². The third kappa shape index (κ3) is 4.35. The average molecular weight is 309 g/mol. The lowest BCUT2D eigenvalue weighted by molar-refractivity contribution is -0.121. The Morgan fingerprint density at radius 2 is 2.00 bits per heavy atom. The first-order valence-electron chi connectivity index (χ1n) is 8.28. The van der Waals surface area contributed by atoms with E-state index in [-0.39, 0.29) is 11.9 Å². The van der Waals surface area contributed by atoms with Crippen LogP contribution in [0.2, 0.25) is 0 Å². The Morgan fingerprint density at radius 3 is 2.83 bits per heavy atom. The van der Waals surface area contributed by atoms with Gasteiger partial charge in [0.1, 0.15) is 5.75 Å². The Labute approximate surface area is 137 Å². The molecule has 0 fully saturated rings. The van der Waals surface area contributed by atoms with E-state index in [1.807, 2.05) is 24.3 Å². The maximum absolute atomic E-state index is 12.1. The lowest BCUT2D eigenvalue weighted by atomic mass is 10.0. The smallest absolute Gasteiger partial charge is 0.220 e. The van der Waals surface area contributed by atoms with Crippen molar-refractivity contribution in [1.29, 1.82) is 0 Å². The summed E-state index contributed by atoms with van der Waals surface area (Å²) in [6.07, 6.45) is 3.16. The topological polar surface area (TPSA) is 38.3 Å². The van der Waals surface area contributed by atoms with Crippen LogP contribution in [0.5, 0.6) is 5.75 Å². The van der Waals surface area contributed by atoms with Crippen molar-refractivity contribution in [1.82, 2.24) is 5.32 Å². The first-order valence-corrected chi connectivity index (χ1v) is 8.28. The van der Waals surface area contributed by atoms with Gasteiger partial charge in [0.25, 0.3) is 0 Å². The Bertz CT molecular complexity index is 667. The molecule has 1 aliphatic heterocycles. The van der Waals surface area contributed by atoms with Crippen LogP contribution in [0.4, 0.5) is 0 Å². The van der Waals surface area contributed by atoms with Crippen LogP contribution in [0.15, 0.2) is 48.5 Å². The SMILES string of the molecule is CC(Cc1ccc2c(c1)CCO2)NC(=O)CCc1ccccc1. The molecule has 23 heavy (non-hydrogen) atoms. The minimum absolute atomic E-state index is 0.117. The van der Waals surface area contributed by atoms with Gasteiger partial charge in [0.05, 0.1) is 6.61 Å². The molecule has 1 heterocycles. The number of carbonyl (C=O) groups is 1. The second-order valence-corrected chi connectivity index (χ2v) is 6.20.